The number of H-pyrrole nitrogens is 1. The van der Waals surface area contributed by atoms with E-state index in [0.29, 0.717) is 6.04 Å². The highest BCUT2D eigenvalue weighted by atomic mass is 14.9. The number of aromatic amines is 1. The van der Waals surface area contributed by atoms with Gasteiger partial charge in [0.15, 0.2) is 0 Å². The van der Waals surface area contributed by atoms with Gasteiger partial charge in [0.25, 0.3) is 0 Å². The molecule has 0 saturated carbocycles. The largest absolute Gasteiger partial charge is 0.367 e. The van der Waals surface area contributed by atoms with Crippen molar-refractivity contribution in [3.05, 3.63) is 30.1 Å². The lowest BCUT2D eigenvalue weighted by Gasteiger charge is -2.21. The van der Waals surface area contributed by atoms with E-state index >= 15 is 0 Å². The average Bonchev–Trinajstić information content (AvgIpc) is 2.74. The van der Waals surface area contributed by atoms with Crippen molar-refractivity contribution in [2.24, 2.45) is 5.92 Å². The number of rotatable bonds is 1. The van der Waals surface area contributed by atoms with Crippen LogP contribution >= 0.6 is 0 Å². The van der Waals surface area contributed by atoms with E-state index in [1.165, 1.54) is 24.9 Å². The van der Waals surface area contributed by atoms with Crippen LogP contribution in [0.5, 0.6) is 0 Å². The van der Waals surface area contributed by atoms with Gasteiger partial charge in [0.1, 0.15) is 0 Å². The smallest absolute Gasteiger partial charge is 0.0261 e. The van der Waals surface area contributed by atoms with Crippen molar-refractivity contribution in [3.63, 3.8) is 0 Å². The topological polar surface area (TPSA) is 27.8 Å². The number of nitrogens with one attached hydrogen (secondary N) is 2. The molecule has 2 bridgehead atoms. The summed E-state index contributed by atoms with van der Waals surface area (Å²) in [6.45, 7) is 1.18. The van der Waals surface area contributed by atoms with Crippen LogP contribution in [0.4, 0.5) is 0 Å². The molecule has 1 aliphatic carbocycles. The lowest BCUT2D eigenvalue weighted by molar-refractivity contribution is 0.419. The van der Waals surface area contributed by atoms with Gasteiger partial charge in [-0.25, -0.2) is 0 Å². The third-order valence-corrected chi connectivity index (χ3v) is 3.19. The minimum Gasteiger partial charge on any atom is -0.367 e. The molecule has 1 aliphatic heterocycles. The summed E-state index contributed by atoms with van der Waals surface area (Å²) in [5.41, 5.74) is 2.94. The SMILES string of the molecule is C1=C(c2cc[nH]c2)C2CCNC1C2. The van der Waals surface area contributed by atoms with Crippen LogP contribution in [0.25, 0.3) is 5.57 Å². The number of piperidine rings is 1. The van der Waals surface area contributed by atoms with Gasteiger partial charge in [-0.1, -0.05) is 6.08 Å². The quantitative estimate of drug-likeness (QED) is 0.667. The average molecular weight is 174 g/mol. The van der Waals surface area contributed by atoms with Gasteiger partial charge in [0.2, 0.25) is 0 Å². The molecule has 1 aromatic rings. The molecular formula is C11H14N2. The number of allylic oxidation sites excluding steroid dienone is 1. The van der Waals surface area contributed by atoms with Crippen LogP contribution < -0.4 is 5.32 Å². The first kappa shape index (κ1) is 7.39. The Morgan fingerprint density at radius 1 is 1.38 bits per heavy atom. The minimum atomic E-state index is 0.642. The molecule has 1 fully saturated rings. The number of hydrogen-bond acceptors (Lipinski definition) is 1. The minimum absolute atomic E-state index is 0.642. The molecule has 2 nitrogen and oxygen atoms in total. The van der Waals surface area contributed by atoms with Crippen molar-refractivity contribution in [2.45, 2.75) is 18.9 Å². The maximum Gasteiger partial charge on any atom is 0.0261 e. The fourth-order valence-electron chi connectivity index (χ4n) is 2.55. The Labute approximate surface area is 78.0 Å². The van der Waals surface area contributed by atoms with E-state index < -0.39 is 0 Å². The Hall–Kier alpha value is -1.02. The number of aromatic nitrogens is 1. The van der Waals surface area contributed by atoms with Gasteiger partial charge in [0, 0.05) is 18.4 Å². The second kappa shape index (κ2) is 2.74. The zero-order valence-electron chi connectivity index (χ0n) is 7.59. The van der Waals surface area contributed by atoms with Crippen LogP contribution in [-0.2, 0) is 0 Å². The summed E-state index contributed by atoms with van der Waals surface area (Å²) in [6.07, 6.45) is 9.12. The van der Waals surface area contributed by atoms with Gasteiger partial charge in [-0.15, -0.1) is 0 Å². The predicted molar refractivity (Wildman–Crippen MR) is 53.3 cm³/mol. The van der Waals surface area contributed by atoms with E-state index in [1.54, 1.807) is 5.57 Å². The van der Waals surface area contributed by atoms with Crippen molar-refractivity contribution in [1.29, 1.82) is 0 Å². The lowest BCUT2D eigenvalue weighted by atomic mass is 9.92. The molecule has 1 saturated heterocycles. The van der Waals surface area contributed by atoms with Gasteiger partial charge in [-0.2, -0.15) is 0 Å². The van der Waals surface area contributed by atoms with Crippen LogP contribution in [-0.4, -0.2) is 17.6 Å². The predicted octanol–water partition coefficient (Wildman–Crippen LogP) is 1.78. The first-order valence-corrected chi connectivity index (χ1v) is 5.02. The zero-order valence-corrected chi connectivity index (χ0v) is 7.59. The van der Waals surface area contributed by atoms with Gasteiger partial charge in [0.05, 0.1) is 0 Å². The van der Waals surface area contributed by atoms with E-state index in [-0.39, 0.29) is 0 Å². The van der Waals surface area contributed by atoms with Crippen molar-refractivity contribution in [3.8, 4) is 0 Å². The summed E-state index contributed by atoms with van der Waals surface area (Å²) < 4.78 is 0. The molecule has 2 aliphatic rings. The molecule has 68 valence electrons. The number of hydrogen-bond donors (Lipinski definition) is 2. The summed E-state index contributed by atoms with van der Waals surface area (Å²) in [5.74, 6) is 0.807. The van der Waals surface area contributed by atoms with Gasteiger partial charge < -0.3 is 10.3 Å². The molecule has 1 aromatic heterocycles. The van der Waals surface area contributed by atoms with Crippen LogP contribution in [0.2, 0.25) is 0 Å². The molecule has 2 unspecified atom stereocenters. The normalized spacial score (nSPS) is 31.8. The molecular weight excluding hydrogens is 160 g/mol. The fraction of sp³-hybridized carbons (Fsp3) is 0.455. The molecule has 3 rings (SSSR count). The lowest BCUT2D eigenvalue weighted by Crippen LogP contribution is -2.32. The molecule has 0 radical (unpaired) electrons. The van der Waals surface area contributed by atoms with Crippen LogP contribution in [0.1, 0.15) is 18.4 Å². The van der Waals surface area contributed by atoms with Crippen molar-refractivity contribution in [2.75, 3.05) is 6.54 Å². The van der Waals surface area contributed by atoms with E-state index in [9.17, 15) is 0 Å². The van der Waals surface area contributed by atoms with E-state index in [2.05, 4.69) is 28.6 Å². The van der Waals surface area contributed by atoms with Crippen molar-refractivity contribution >= 4 is 5.57 Å². The molecule has 2 N–H and O–H groups in total. The molecule has 13 heavy (non-hydrogen) atoms. The third kappa shape index (κ3) is 1.13. The van der Waals surface area contributed by atoms with Crippen LogP contribution in [0, 0.1) is 5.92 Å². The molecule has 2 heteroatoms. The van der Waals surface area contributed by atoms with E-state index in [1.807, 2.05) is 6.20 Å². The third-order valence-electron chi connectivity index (χ3n) is 3.19. The van der Waals surface area contributed by atoms with E-state index in [4.69, 9.17) is 0 Å². The first-order valence-electron chi connectivity index (χ1n) is 5.02. The summed E-state index contributed by atoms with van der Waals surface area (Å²) in [4.78, 5) is 3.13. The second-order valence-electron chi connectivity index (χ2n) is 4.00. The van der Waals surface area contributed by atoms with Crippen LogP contribution in [0.3, 0.4) is 0 Å². The van der Waals surface area contributed by atoms with Gasteiger partial charge in [-0.3, -0.25) is 0 Å². The highest BCUT2D eigenvalue weighted by Gasteiger charge is 2.30. The maximum absolute atomic E-state index is 3.52. The Kier molecular flexibility index (Phi) is 1.56. The molecule has 0 amide bonds. The van der Waals surface area contributed by atoms with Crippen molar-refractivity contribution in [1.82, 2.24) is 10.3 Å². The zero-order chi connectivity index (χ0) is 8.67. The monoisotopic (exact) mass is 174 g/mol. The maximum atomic E-state index is 3.52. The molecule has 0 spiro atoms. The Balaban J connectivity index is 1.96. The standard InChI is InChI=1S/C11H14N2/c1-3-12-7-9(1)11-6-10-5-8(11)2-4-13-10/h1,3,6-8,10,12-13H,2,4-5H2. The Bertz CT molecular complexity index is 324. The summed E-state index contributed by atoms with van der Waals surface area (Å²) in [5, 5.41) is 3.52. The Morgan fingerprint density at radius 2 is 2.38 bits per heavy atom. The molecule has 2 atom stereocenters. The van der Waals surface area contributed by atoms with Crippen molar-refractivity contribution < 1.29 is 0 Å². The highest BCUT2D eigenvalue weighted by Crippen LogP contribution is 2.37. The highest BCUT2D eigenvalue weighted by molar-refractivity contribution is 5.70. The first-order chi connectivity index (χ1) is 6.43. The van der Waals surface area contributed by atoms with Gasteiger partial charge >= 0.3 is 0 Å². The van der Waals surface area contributed by atoms with E-state index in [0.717, 1.165) is 5.92 Å². The molecule has 2 heterocycles. The van der Waals surface area contributed by atoms with Crippen LogP contribution in [0.15, 0.2) is 24.5 Å². The second-order valence-corrected chi connectivity index (χ2v) is 4.00. The fourth-order valence-corrected chi connectivity index (χ4v) is 2.55. The Morgan fingerprint density at radius 3 is 3.15 bits per heavy atom. The summed E-state index contributed by atoms with van der Waals surface area (Å²) in [6, 6.07) is 2.82. The summed E-state index contributed by atoms with van der Waals surface area (Å²) >= 11 is 0. The summed E-state index contributed by atoms with van der Waals surface area (Å²) in [7, 11) is 0. The molecule has 0 aromatic carbocycles. The van der Waals surface area contributed by atoms with Gasteiger partial charge in [-0.05, 0) is 42.5 Å². The number of fused-ring (bicyclic) bond motifs is 2.